The molecular weight excluding hydrogens is 332 g/mol. The van der Waals surface area contributed by atoms with Crippen LogP contribution < -0.4 is 0 Å². The van der Waals surface area contributed by atoms with Crippen molar-refractivity contribution in [2.24, 2.45) is 17.8 Å². The highest BCUT2D eigenvalue weighted by molar-refractivity contribution is 5.67. The number of ether oxygens (including phenoxy) is 2. The Kier molecular flexibility index (Phi) is 7.29. The molecule has 0 aromatic rings. The topological polar surface area (TPSA) is 76.0 Å². The summed E-state index contributed by atoms with van der Waals surface area (Å²) < 4.78 is 11.1. The fourth-order valence-corrected chi connectivity index (χ4v) is 4.80. The van der Waals surface area contributed by atoms with Gasteiger partial charge < -0.3 is 19.7 Å². The van der Waals surface area contributed by atoms with Crippen molar-refractivity contribution in [2.45, 2.75) is 69.7 Å². The molecule has 146 valence electrons. The number of carboxylic acids is 1. The third-order valence-corrected chi connectivity index (χ3v) is 6.16. The van der Waals surface area contributed by atoms with E-state index in [0.29, 0.717) is 30.5 Å². The van der Waals surface area contributed by atoms with Crippen LogP contribution in [0, 0.1) is 17.8 Å². The zero-order valence-corrected chi connectivity index (χ0v) is 15.5. The zero-order chi connectivity index (χ0) is 18.4. The molecule has 1 saturated carbocycles. The molecule has 5 nitrogen and oxygen atoms in total. The highest BCUT2D eigenvalue weighted by Gasteiger charge is 2.46. The Labute approximate surface area is 156 Å². The van der Waals surface area contributed by atoms with Crippen LogP contribution in [-0.2, 0) is 14.3 Å². The first kappa shape index (κ1) is 19.6. The van der Waals surface area contributed by atoms with Gasteiger partial charge in [0.25, 0.3) is 0 Å². The van der Waals surface area contributed by atoms with Gasteiger partial charge in [0.15, 0.2) is 0 Å². The van der Waals surface area contributed by atoms with Crippen LogP contribution in [0.4, 0.5) is 0 Å². The number of hydrogen-bond donors (Lipinski definition) is 2. The number of rotatable bonds is 9. The summed E-state index contributed by atoms with van der Waals surface area (Å²) in [4.78, 5) is 10.4. The van der Waals surface area contributed by atoms with E-state index < -0.39 is 5.97 Å². The lowest BCUT2D eigenvalue weighted by molar-refractivity contribution is -0.141. The van der Waals surface area contributed by atoms with E-state index in [2.05, 4.69) is 12.2 Å². The molecule has 0 aromatic carbocycles. The van der Waals surface area contributed by atoms with Crippen LogP contribution in [0.3, 0.4) is 0 Å². The van der Waals surface area contributed by atoms with E-state index in [1.54, 1.807) is 0 Å². The van der Waals surface area contributed by atoms with Gasteiger partial charge in [-0.25, -0.2) is 4.79 Å². The van der Waals surface area contributed by atoms with Crippen LogP contribution in [0.15, 0.2) is 24.3 Å². The Morgan fingerprint density at radius 2 is 1.88 bits per heavy atom. The maximum absolute atomic E-state index is 10.5. The molecule has 0 spiro atoms. The SMILES string of the molecule is O=C(O)COCC=CC[C@H]1[C@@H](C=CC(O)C2CCCCC2)[C@H]2CC[C@@H]1O2. The average Bonchev–Trinajstić information content (AvgIpc) is 3.24. The minimum absolute atomic E-state index is 0.258. The van der Waals surface area contributed by atoms with Crippen LogP contribution in [0.5, 0.6) is 0 Å². The van der Waals surface area contributed by atoms with Crippen molar-refractivity contribution in [1.82, 2.24) is 0 Å². The smallest absolute Gasteiger partial charge is 0.329 e. The van der Waals surface area contributed by atoms with E-state index in [9.17, 15) is 9.90 Å². The number of carbonyl (C=O) groups is 1. The molecule has 1 aliphatic carbocycles. The monoisotopic (exact) mass is 364 g/mol. The van der Waals surface area contributed by atoms with Crippen molar-refractivity contribution < 1.29 is 24.5 Å². The summed E-state index contributed by atoms with van der Waals surface area (Å²) in [6.07, 6.45) is 17.7. The van der Waals surface area contributed by atoms with Gasteiger partial charge in [-0.1, -0.05) is 43.6 Å². The Morgan fingerprint density at radius 1 is 1.12 bits per heavy atom. The molecule has 26 heavy (non-hydrogen) atoms. The first-order chi connectivity index (χ1) is 12.6. The number of allylic oxidation sites excluding steroid dienone is 1. The summed E-state index contributed by atoms with van der Waals surface area (Å²) in [7, 11) is 0. The molecule has 0 amide bonds. The van der Waals surface area contributed by atoms with Crippen molar-refractivity contribution >= 4 is 5.97 Å². The number of aliphatic hydroxyl groups excluding tert-OH is 1. The molecule has 3 fully saturated rings. The second kappa shape index (κ2) is 9.67. The number of carboxylic acid groups (broad SMARTS) is 1. The summed E-state index contributed by atoms with van der Waals surface area (Å²) >= 11 is 0. The molecule has 0 aromatic heterocycles. The van der Waals surface area contributed by atoms with Crippen LogP contribution in [0.1, 0.15) is 51.4 Å². The summed E-state index contributed by atoms with van der Waals surface area (Å²) in [5, 5.41) is 19.1. The molecule has 2 aliphatic heterocycles. The van der Waals surface area contributed by atoms with Crippen molar-refractivity contribution in [1.29, 1.82) is 0 Å². The molecule has 2 heterocycles. The van der Waals surface area contributed by atoms with E-state index in [1.165, 1.54) is 19.3 Å². The van der Waals surface area contributed by atoms with E-state index in [4.69, 9.17) is 14.6 Å². The quantitative estimate of drug-likeness (QED) is 0.485. The van der Waals surface area contributed by atoms with Gasteiger partial charge in [0, 0.05) is 5.92 Å². The van der Waals surface area contributed by atoms with Crippen molar-refractivity contribution in [3.05, 3.63) is 24.3 Å². The van der Waals surface area contributed by atoms with Gasteiger partial charge in [0.1, 0.15) is 6.61 Å². The third-order valence-electron chi connectivity index (χ3n) is 6.16. The summed E-state index contributed by atoms with van der Waals surface area (Å²) in [6.45, 7) is 0.0703. The van der Waals surface area contributed by atoms with Gasteiger partial charge in [-0.3, -0.25) is 0 Å². The first-order valence-electron chi connectivity index (χ1n) is 10.1. The maximum Gasteiger partial charge on any atom is 0.329 e. The van der Waals surface area contributed by atoms with Gasteiger partial charge in [-0.2, -0.15) is 0 Å². The van der Waals surface area contributed by atoms with Gasteiger partial charge >= 0.3 is 5.97 Å². The van der Waals surface area contributed by atoms with Gasteiger partial charge in [-0.05, 0) is 43.9 Å². The molecule has 5 atom stereocenters. The maximum atomic E-state index is 10.5. The van der Waals surface area contributed by atoms with E-state index in [0.717, 1.165) is 32.1 Å². The highest BCUT2D eigenvalue weighted by atomic mass is 16.5. The summed E-state index contributed by atoms with van der Waals surface area (Å²) in [5.74, 6) is 0.293. The normalized spacial score (nSPS) is 33.4. The summed E-state index contributed by atoms with van der Waals surface area (Å²) in [6, 6.07) is 0. The van der Waals surface area contributed by atoms with Gasteiger partial charge in [0.05, 0.1) is 24.9 Å². The lowest BCUT2D eigenvalue weighted by Crippen LogP contribution is -2.26. The largest absolute Gasteiger partial charge is 0.480 e. The number of aliphatic carboxylic acids is 1. The molecule has 2 bridgehead atoms. The standard InChI is InChI=1S/C21H32O5/c22-18(15-6-2-1-3-7-15)10-9-17-16(19-11-12-20(17)26-19)8-4-5-13-25-14-21(23)24/h4-5,9-10,15-20,22H,1-3,6-8,11-14H2,(H,23,24)/t16-,17+,18?,19-,20+/m0/s1. The molecule has 5 heteroatoms. The van der Waals surface area contributed by atoms with E-state index in [1.807, 2.05) is 12.2 Å². The number of hydrogen-bond acceptors (Lipinski definition) is 4. The van der Waals surface area contributed by atoms with Crippen LogP contribution in [0.2, 0.25) is 0 Å². The van der Waals surface area contributed by atoms with Crippen LogP contribution >= 0.6 is 0 Å². The third kappa shape index (κ3) is 5.18. The first-order valence-corrected chi connectivity index (χ1v) is 10.1. The minimum atomic E-state index is -0.943. The number of fused-ring (bicyclic) bond motifs is 2. The van der Waals surface area contributed by atoms with Crippen LogP contribution in [-0.4, -0.2) is 47.7 Å². The minimum Gasteiger partial charge on any atom is -0.480 e. The fraction of sp³-hybridized carbons (Fsp3) is 0.762. The van der Waals surface area contributed by atoms with Gasteiger partial charge in [-0.15, -0.1) is 0 Å². The molecule has 1 unspecified atom stereocenters. The van der Waals surface area contributed by atoms with Crippen LogP contribution in [0.25, 0.3) is 0 Å². The molecule has 0 radical (unpaired) electrons. The van der Waals surface area contributed by atoms with E-state index >= 15 is 0 Å². The molecule has 3 aliphatic rings. The van der Waals surface area contributed by atoms with Crippen molar-refractivity contribution in [3.8, 4) is 0 Å². The fourth-order valence-electron chi connectivity index (χ4n) is 4.80. The Balaban J connectivity index is 1.49. The lowest BCUT2D eigenvalue weighted by atomic mass is 9.76. The Bertz CT molecular complexity index is 509. The zero-order valence-electron chi connectivity index (χ0n) is 15.5. The molecule has 3 rings (SSSR count). The van der Waals surface area contributed by atoms with Crippen molar-refractivity contribution in [3.63, 3.8) is 0 Å². The summed E-state index contributed by atoms with van der Waals surface area (Å²) in [5.41, 5.74) is 0. The highest BCUT2D eigenvalue weighted by Crippen LogP contribution is 2.46. The second-order valence-electron chi connectivity index (χ2n) is 7.92. The lowest BCUT2D eigenvalue weighted by Gasteiger charge is -2.27. The van der Waals surface area contributed by atoms with Gasteiger partial charge in [0.2, 0.25) is 0 Å². The average molecular weight is 364 g/mol. The molecule has 2 N–H and O–H groups in total. The molecule has 2 saturated heterocycles. The van der Waals surface area contributed by atoms with E-state index in [-0.39, 0.29) is 18.8 Å². The number of aliphatic hydroxyl groups is 1. The second-order valence-corrected chi connectivity index (χ2v) is 7.92. The Hall–Kier alpha value is -1.17. The molecular formula is C21H32O5. The predicted molar refractivity (Wildman–Crippen MR) is 98.8 cm³/mol. The Morgan fingerprint density at radius 3 is 2.65 bits per heavy atom. The van der Waals surface area contributed by atoms with Crippen molar-refractivity contribution in [2.75, 3.05) is 13.2 Å². The predicted octanol–water partition coefficient (Wildman–Crippen LogP) is 3.32.